The number of hydrogen-bond acceptors (Lipinski definition) is 8. The Morgan fingerprint density at radius 3 is 2.41 bits per heavy atom. The van der Waals surface area contributed by atoms with Gasteiger partial charge in [-0.25, -0.2) is 13.2 Å². The summed E-state index contributed by atoms with van der Waals surface area (Å²) in [7, 11) is -4.65. The SMILES string of the molecule is O=c1[nH]c(O)c(N=Nc2cccc(S(=O)(=O)[O-])c2)c(=O)[nH]1.[Na+]. The van der Waals surface area contributed by atoms with E-state index in [1.165, 1.54) is 12.1 Å². The topological polar surface area (TPSA) is 168 Å². The number of H-pyrrole nitrogens is 2. The van der Waals surface area contributed by atoms with Gasteiger partial charge in [0.05, 0.1) is 10.6 Å². The van der Waals surface area contributed by atoms with E-state index in [9.17, 15) is 27.7 Å². The number of hydrogen-bond donors (Lipinski definition) is 3. The molecule has 22 heavy (non-hydrogen) atoms. The largest absolute Gasteiger partial charge is 1.00 e. The van der Waals surface area contributed by atoms with Crippen LogP contribution >= 0.6 is 0 Å². The quantitative estimate of drug-likeness (QED) is 0.309. The van der Waals surface area contributed by atoms with Gasteiger partial charge in [-0.3, -0.25) is 14.8 Å². The van der Waals surface area contributed by atoms with Gasteiger partial charge >= 0.3 is 35.2 Å². The summed E-state index contributed by atoms with van der Waals surface area (Å²) in [6.45, 7) is 0. The Hall–Kier alpha value is -1.79. The molecule has 0 aliphatic heterocycles. The third-order valence-electron chi connectivity index (χ3n) is 2.27. The van der Waals surface area contributed by atoms with Crippen LogP contribution in [-0.4, -0.2) is 28.0 Å². The normalized spacial score (nSPS) is 11.3. The second kappa shape index (κ2) is 6.98. The molecule has 3 N–H and O–H groups in total. The minimum atomic E-state index is -4.65. The zero-order valence-corrected chi connectivity index (χ0v) is 13.9. The maximum absolute atomic E-state index is 11.4. The van der Waals surface area contributed by atoms with Crippen molar-refractivity contribution in [1.82, 2.24) is 9.97 Å². The number of aromatic hydroxyl groups is 1. The Bertz CT molecular complexity index is 933. The Kier molecular flexibility index (Phi) is 5.79. The molecule has 2 aromatic rings. The van der Waals surface area contributed by atoms with Crippen LogP contribution in [0.25, 0.3) is 0 Å². The van der Waals surface area contributed by atoms with Gasteiger partial charge in [-0.2, -0.15) is 5.11 Å². The molecule has 1 aromatic heterocycles. The summed E-state index contributed by atoms with van der Waals surface area (Å²) in [5, 5.41) is 16.3. The average Bonchev–Trinajstić information content (AvgIpc) is 2.36. The maximum Gasteiger partial charge on any atom is 1.00 e. The van der Waals surface area contributed by atoms with Crippen molar-refractivity contribution in [2.75, 3.05) is 0 Å². The summed E-state index contributed by atoms with van der Waals surface area (Å²) in [5.74, 6) is -0.792. The molecule has 110 valence electrons. The molecule has 0 fully saturated rings. The minimum absolute atomic E-state index is 0. The number of benzene rings is 1. The third kappa shape index (κ3) is 4.35. The van der Waals surface area contributed by atoms with Crippen molar-refractivity contribution in [3.05, 3.63) is 45.1 Å². The van der Waals surface area contributed by atoms with E-state index < -0.39 is 37.8 Å². The molecule has 0 atom stereocenters. The van der Waals surface area contributed by atoms with Gasteiger partial charge in [0.1, 0.15) is 10.1 Å². The molecule has 0 saturated carbocycles. The predicted molar refractivity (Wildman–Crippen MR) is 67.9 cm³/mol. The Balaban J connectivity index is 0.00000242. The molecule has 1 aromatic carbocycles. The zero-order valence-electron chi connectivity index (χ0n) is 11.1. The van der Waals surface area contributed by atoms with Crippen molar-refractivity contribution in [3.63, 3.8) is 0 Å². The van der Waals surface area contributed by atoms with E-state index in [-0.39, 0.29) is 35.2 Å². The van der Waals surface area contributed by atoms with Gasteiger partial charge in [-0.05, 0) is 18.2 Å². The predicted octanol–water partition coefficient (Wildman–Crippen LogP) is -2.91. The van der Waals surface area contributed by atoms with Crippen LogP contribution < -0.4 is 40.8 Å². The van der Waals surface area contributed by atoms with Crippen molar-refractivity contribution in [2.45, 2.75) is 4.90 Å². The Morgan fingerprint density at radius 1 is 1.14 bits per heavy atom. The summed E-state index contributed by atoms with van der Waals surface area (Å²) >= 11 is 0. The van der Waals surface area contributed by atoms with E-state index >= 15 is 0 Å². The first-order valence-electron chi connectivity index (χ1n) is 5.30. The fraction of sp³-hybridized carbons (Fsp3) is 0. The van der Waals surface area contributed by atoms with Gasteiger partial charge in [0, 0.05) is 0 Å². The van der Waals surface area contributed by atoms with Gasteiger partial charge in [0.15, 0.2) is 0 Å². The van der Waals surface area contributed by atoms with Crippen molar-refractivity contribution in [2.24, 2.45) is 10.2 Å². The molecule has 0 spiro atoms. The van der Waals surface area contributed by atoms with Crippen molar-refractivity contribution in [1.29, 1.82) is 0 Å². The van der Waals surface area contributed by atoms with E-state index in [4.69, 9.17) is 0 Å². The van der Waals surface area contributed by atoms with E-state index in [1.54, 1.807) is 0 Å². The van der Waals surface area contributed by atoms with Crippen LogP contribution in [0.5, 0.6) is 5.88 Å². The fourth-order valence-electron chi connectivity index (χ4n) is 1.37. The standard InChI is InChI=1S/C10H8N4O6S.Na/c15-8-7(9(16)12-10(17)11-8)14-13-5-2-1-3-6(4-5)21(18,19)20;/h1-4H,(H,18,19,20)(H3,11,12,15,16,17);/q;+1/p-1. The third-order valence-corrected chi connectivity index (χ3v) is 3.10. The molecule has 0 saturated heterocycles. The van der Waals surface area contributed by atoms with Gasteiger partial charge < -0.3 is 9.66 Å². The number of rotatable bonds is 3. The molecule has 0 unspecified atom stereocenters. The number of nitrogens with zero attached hydrogens (tertiary/aromatic N) is 2. The van der Waals surface area contributed by atoms with Crippen molar-refractivity contribution < 1.29 is 47.6 Å². The van der Waals surface area contributed by atoms with Gasteiger partial charge in [0.25, 0.3) is 5.56 Å². The first-order valence-corrected chi connectivity index (χ1v) is 6.71. The Morgan fingerprint density at radius 2 is 1.82 bits per heavy atom. The first-order chi connectivity index (χ1) is 9.77. The number of aromatic amines is 2. The van der Waals surface area contributed by atoms with Crippen molar-refractivity contribution in [3.8, 4) is 5.88 Å². The van der Waals surface area contributed by atoms with Crippen LogP contribution in [0.15, 0.2) is 49.0 Å². The van der Waals surface area contributed by atoms with Crippen LogP contribution in [-0.2, 0) is 10.1 Å². The molecule has 0 aliphatic carbocycles. The molecule has 2 rings (SSSR count). The molecule has 0 radical (unpaired) electrons. The Labute approximate surface area is 145 Å². The second-order valence-electron chi connectivity index (χ2n) is 3.76. The van der Waals surface area contributed by atoms with Gasteiger partial charge in [0.2, 0.25) is 11.6 Å². The van der Waals surface area contributed by atoms with E-state index in [0.717, 1.165) is 12.1 Å². The van der Waals surface area contributed by atoms with Crippen LogP contribution in [0.2, 0.25) is 0 Å². The number of nitrogens with one attached hydrogen (secondary N) is 2. The van der Waals surface area contributed by atoms with E-state index in [2.05, 4.69) is 10.2 Å². The van der Waals surface area contributed by atoms with Crippen LogP contribution in [0.4, 0.5) is 11.4 Å². The molecule has 1 heterocycles. The zero-order chi connectivity index (χ0) is 15.6. The van der Waals surface area contributed by atoms with Crippen LogP contribution in [0.1, 0.15) is 0 Å². The van der Waals surface area contributed by atoms with Gasteiger partial charge in [-0.1, -0.05) is 6.07 Å². The molecule has 0 amide bonds. The molecule has 10 nitrogen and oxygen atoms in total. The summed E-state index contributed by atoms with van der Waals surface area (Å²) in [4.78, 5) is 25.4. The molecule has 0 aliphatic rings. The van der Waals surface area contributed by atoms with Crippen LogP contribution in [0, 0.1) is 0 Å². The fourth-order valence-corrected chi connectivity index (χ4v) is 1.88. The second-order valence-corrected chi connectivity index (χ2v) is 5.14. The molecular weight excluding hydrogens is 327 g/mol. The van der Waals surface area contributed by atoms with E-state index in [0.29, 0.717) is 0 Å². The maximum atomic E-state index is 11.4. The van der Waals surface area contributed by atoms with E-state index in [1.807, 2.05) is 9.97 Å². The number of aromatic nitrogens is 2. The van der Waals surface area contributed by atoms with Crippen molar-refractivity contribution >= 4 is 21.5 Å². The summed E-state index contributed by atoms with van der Waals surface area (Å²) in [6.07, 6.45) is 0. The number of azo groups is 1. The van der Waals surface area contributed by atoms with Gasteiger partial charge in [-0.15, -0.1) is 5.11 Å². The molecular formula is C10H7N4NaO6S. The summed E-state index contributed by atoms with van der Waals surface area (Å²) in [5.41, 5.74) is -2.49. The smallest absolute Gasteiger partial charge is 0.744 e. The monoisotopic (exact) mass is 334 g/mol. The summed E-state index contributed by atoms with van der Waals surface area (Å²) < 4.78 is 32.5. The molecule has 12 heteroatoms. The molecule has 0 bridgehead atoms. The van der Waals surface area contributed by atoms with Crippen LogP contribution in [0.3, 0.4) is 0 Å². The minimum Gasteiger partial charge on any atom is -0.744 e. The first kappa shape index (κ1) is 18.3. The average molecular weight is 334 g/mol. The summed E-state index contributed by atoms with van der Waals surface area (Å²) in [6, 6.07) is 4.61.